The molecule has 0 saturated heterocycles. The Morgan fingerprint density at radius 2 is 2.05 bits per heavy atom. The van der Waals surface area contributed by atoms with Gasteiger partial charge in [0, 0.05) is 12.6 Å². The van der Waals surface area contributed by atoms with Gasteiger partial charge in [-0.2, -0.15) is 15.3 Å². The Bertz CT molecular complexity index is 663. The zero-order valence-corrected chi connectivity index (χ0v) is 12.8. The van der Waals surface area contributed by atoms with Crippen molar-refractivity contribution in [3.8, 4) is 0 Å². The number of hydrogen-bond donors (Lipinski definition) is 0. The number of ketones is 1. The van der Waals surface area contributed by atoms with E-state index in [0.29, 0.717) is 17.0 Å². The topological polar surface area (TPSA) is 60.7 Å². The third kappa shape index (κ3) is 2.72. The summed E-state index contributed by atoms with van der Waals surface area (Å²) in [5.74, 6) is -0.00949. The van der Waals surface area contributed by atoms with Crippen LogP contribution in [0.3, 0.4) is 0 Å². The minimum Gasteiger partial charge on any atom is -0.294 e. The van der Waals surface area contributed by atoms with Gasteiger partial charge in [-0.05, 0) is 26.3 Å². The zero-order chi connectivity index (χ0) is 14.9. The van der Waals surface area contributed by atoms with Crippen molar-refractivity contribution in [2.24, 2.45) is 7.05 Å². The van der Waals surface area contributed by atoms with Crippen molar-refractivity contribution in [2.75, 3.05) is 0 Å². The van der Waals surface area contributed by atoms with Gasteiger partial charge in [0.1, 0.15) is 0 Å². The van der Waals surface area contributed by atoms with Crippen molar-refractivity contribution in [2.45, 2.75) is 33.6 Å². The number of carbonyl (C=O) groups is 1. The first-order valence-corrected chi connectivity index (χ1v) is 6.86. The summed E-state index contributed by atoms with van der Waals surface area (Å²) >= 11 is 6.19. The Kier molecular flexibility index (Phi) is 4.18. The molecule has 2 rings (SSSR count). The maximum atomic E-state index is 12.5. The predicted molar refractivity (Wildman–Crippen MR) is 77.1 cm³/mol. The van der Waals surface area contributed by atoms with Gasteiger partial charge in [0.25, 0.3) is 0 Å². The molecule has 0 spiro atoms. The summed E-state index contributed by atoms with van der Waals surface area (Å²) in [7, 11) is 1.79. The van der Waals surface area contributed by atoms with Gasteiger partial charge in [-0.15, -0.1) is 0 Å². The van der Waals surface area contributed by atoms with E-state index in [1.807, 2.05) is 20.8 Å². The Balaban J connectivity index is 2.35. The van der Waals surface area contributed by atoms with Crippen LogP contribution >= 0.6 is 11.6 Å². The summed E-state index contributed by atoms with van der Waals surface area (Å²) in [6.07, 6.45) is 0.890. The molecule has 0 aliphatic carbocycles. The number of carbonyl (C=O) groups excluding carboxylic acids is 1. The number of rotatable bonds is 4. The average Bonchev–Trinajstić information content (AvgIpc) is 2.65. The minimum atomic E-state index is -0.00949. The zero-order valence-electron chi connectivity index (χ0n) is 12.1. The quantitative estimate of drug-likeness (QED) is 0.812. The van der Waals surface area contributed by atoms with Crippen LogP contribution in [0.1, 0.15) is 40.1 Å². The molecule has 2 aromatic rings. The van der Waals surface area contributed by atoms with E-state index in [1.54, 1.807) is 17.8 Å². The first-order valence-electron chi connectivity index (χ1n) is 6.48. The molecule has 0 amide bonds. The number of Topliss-reactive ketones (excluding diaryl/α,β-unsaturated/α-hetero) is 1. The molecule has 106 valence electrons. The standard InChI is InChI=1S/C14H17ClN4O/c1-5-11-10(6-8(2)16-17-11)13(20)7-12-14(15)9(3)18-19(12)4/h6H,5,7H2,1-4H3. The fourth-order valence-corrected chi connectivity index (χ4v) is 2.36. The Morgan fingerprint density at radius 1 is 1.35 bits per heavy atom. The van der Waals surface area contributed by atoms with E-state index in [-0.39, 0.29) is 12.2 Å². The monoisotopic (exact) mass is 292 g/mol. The van der Waals surface area contributed by atoms with Crippen LogP contribution in [-0.2, 0) is 19.9 Å². The van der Waals surface area contributed by atoms with Crippen molar-refractivity contribution in [3.63, 3.8) is 0 Å². The normalized spacial score (nSPS) is 10.8. The molecule has 0 radical (unpaired) electrons. The molecule has 0 aliphatic rings. The molecule has 0 fully saturated rings. The largest absolute Gasteiger partial charge is 0.294 e. The second-order valence-electron chi connectivity index (χ2n) is 4.77. The Morgan fingerprint density at radius 3 is 2.60 bits per heavy atom. The molecule has 2 aromatic heterocycles. The SMILES string of the molecule is CCc1nnc(C)cc1C(=O)Cc1c(Cl)c(C)nn1C. The highest BCUT2D eigenvalue weighted by Crippen LogP contribution is 2.21. The summed E-state index contributed by atoms with van der Waals surface area (Å²) in [4.78, 5) is 12.5. The summed E-state index contributed by atoms with van der Waals surface area (Å²) in [6, 6.07) is 1.78. The van der Waals surface area contributed by atoms with E-state index in [0.717, 1.165) is 22.8 Å². The van der Waals surface area contributed by atoms with Gasteiger partial charge >= 0.3 is 0 Å². The van der Waals surface area contributed by atoms with Crippen molar-refractivity contribution < 1.29 is 4.79 Å². The molecular weight excluding hydrogens is 276 g/mol. The highest BCUT2D eigenvalue weighted by atomic mass is 35.5. The summed E-state index contributed by atoms with van der Waals surface area (Å²) in [6.45, 7) is 5.60. The first-order chi connectivity index (χ1) is 9.43. The smallest absolute Gasteiger partial charge is 0.170 e. The van der Waals surface area contributed by atoms with E-state index in [1.165, 1.54) is 0 Å². The van der Waals surface area contributed by atoms with Crippen LogP contribution in [0.25, 0.3) is 0 Å². The fraction of sp³-hybridized carbons (Fsp3) is 0.429. The van der Waals surface area contributed by atoms with Gasteiger partial charge in [-0.25, -0.2) is 0 Å². The summed E-state index contributed by atoms with van der Waals surface area (Å²) < 4.78 is 1.66. The van der Waals surface area contributed by atoms with E-state index in [9.17, 15) is 4.79 Å². The Hall–Kier alpha value is -1.75. The minimum absolute atomic E-state index is 0.00949. The number of hydrogen-bond acceptors (Lipinski definition) is 4. The molecule has 0 aliphatic heterocycles. The molecule has 20 heavy (non-hydrogen) atoms. The number of aromatic nitrogens is 4. The molecule has 6 heteroatoms. The molecule has 2 heterocycles. The second-order valence-corrected chi connectivity index (χ2v) is 5.15. The van der Waals surface area contributed by atoms with Gasteiger partial charge < -0.3 is 0 Å². The fourth-order valence-electron chi connectivity index (χ4n) is 2.14. The van der Waals surface area contributed by atoms with Crippen molar-refractivity contribution in [3.05, 3.63) is 39.4 Å². The molecular formula is C14H17ClN4O. The third-order valence-corrected chi connectivity index (χ3v) is 3.71. The lowest BCUT2D eigenvalue weighted by Gasteiger charge is -2.07. The van der Waals surface area contributed by atoms with Crippen LogP contribution in [0.4, 0.5) is 0 Å². The van der Waals surface area contributed by atoms with Crippen LogP contribution in [0.5, 0.6) is 0 Å². The highest BCUT2D eigenvalue weighted by Gasteiger charge is 2.18. The Labute approximate surface area is 123 Å². The number of aryl methyl sites for hydroxylation is 4. The van der Waals surface area contributed by atoms with Gasteiger partial charge in [0.2, 0.25) is 0 Å². The molecule has 0 bridgehead atoms. The van der Waals surface area contributed by atoms with Gasteiger partial charge in [-0.3, -0.25) is 9.48 Å². The predicted octanol–water partition coefficient (Wildman–Crippen LogP) is 2.47. The lowest BCUT2D eigenvalue weighted by Crippen LogP contribution is -2.12. The average molecular weight is 293 g/mol. The first kappa shape index (κ1) is 14.7. The van der Waals surface area contributed by atoms with Crippen molar-refractivity contribution in [1.29, 1.82) is 0 Å². The molecule has 0 saturated carbocycles. The summed E-state index contributed by atoms with van der Waals surface area (Å²) in [5, 5.41) is 12.9. The maximum Gasteiger partial charge on any atom is 0.170 e. The van der Waals surface area contributed by atoms with E-state index >= 15 is 0 Å². The number of halogens is 1. The third-order valence-electron chi connectivity index (χ3n) is 3.22. The van der Waals surface area contributed by atoms with Crippen molar-refractivity contribution >= 4 is 17.4 Å². The van der Waals surface area contributed by atoms with Gasteiger partial charge in [-0.1, -0.05) is 18.5 Å². The lowest BCUT2D eigenvalue weighted by atomic mass is 10.0. The van der Waals surface area contributed by atoms with E-state index in [4.69, 9.17) is 11.6 Å². The maximum absolute atomic E-state index is 12.5. The van der Waals surface area contributed by atoms with Gasteiger partial charge in [0.15, 0.2) is 5.78 Å². The molecule has 0 aromatic carbocycles. The van der Waals surface area contributed by atoms with E-state index in [2.05, 4.69) is 15.3 Å². The highest BCUT2D eigenvalue weighted by molar-refractivity contribution is 6.32. The molecule has 0 unspecified atom stereocenters. The second kappa shape index (κ2) is 5.71. The lowest BCUT2D eigenvalue weighted by molar-refractivity contribution is 0.0989. The van der Waals surface area contributed by atoms with Gasteiger partial charge in [0.05, 0.1) is 34.2 Å². The van der Waals surface area contributed by atoms with Crippen LogP contribution < -0.4 is 0 Å². The van der Waals surface area contributed by atoms with Crippen molar-refractivity contribution in [1.82, 2.24) is 20.0 Å². The number of nitrogens with zero attached hydrogens (tertiary/aromatic N) is 4. The van der Waals surface area contributed by atoms with Crippen LogP contribution in [-0.4, -0.2) is 25.8 Å². The van der Waals surface area contributed by atoms with Crippen LogP contribution in [0.2, 0.25) is 5.02 Å². The summed E-state index contributed by atoms with van der Waals surface area (Å²) in [5.41, 5.74) is 3.53. The van der Waals surface area contributed by atoms with E-state index < -0.39 is 0 Å². The molecule has 0 atom stereocenters. The van der Waals surface area contributed by atoms with Crippen LogP contribution in [0.15, 0.2) is 6.07 Å². The molecule has 0 N–H and O–H groups in total. The molecule has 5 nitrogen and oxygen atoms in total. The van der Waals surface area contributed by atoms with Crippen LogP contribution in [0, 0.1) is 13.8 Å².